The van der Waals surface area contributed by atoms with Crippen molar-refractivity contribution in [3.05, 3.63) is 66.5 Å². The monoisotopic (exact) mass is 424 g/mol. The zero-order chi connectivity index (χ0) is 21.4. The van der Waals surface area contributed by atoms with E-state index in [-0.39, 0.29) is 0 Å². The highest BCUT2D eigenvalue weighted by atomic mass is 19.4. The number of imidazole rings is 1. The van der Waals surface area contributed by atoms with E-state index >= 15 is 0 Å². The van der Waals surface area contributed by atoms with Gasteiger partial charge in [0.2, 0.25) is 0 Å². The second-order valence-corrected chi connectivity index (χ2v) is 7.30. The van der Waals surface area contributed by atoms with Crippen molar-refractivity contribution in [2.75, 3.05) is 31.1 Å². The van der Waals surface area contributed by atoms with Crippen molar-refractivity contribution in [1.29, 1.82) is 0 Å². The molecule has 1 aliphatic rings. The number of nitrogens with one attached hydrogen (secondary N) is 1. The molecule has 3 aromatic heterocycles. The molecule has 4 aromatic rings. The Labute approximate surface area is 176 Å². The first kappa shape index (κ1) is 19.5. The molecule has 0 spiro atoms. The van der Waals surface area contributed by atoms with Crippen molar-refractivity contribution in [3.63, 3.8) is 0 Å². The molecule has 1 N–H and O–H groups in total. The van der Waals surface area contributed by atoms with Gasteiger partial charge in [-0.1, -0.05) is 12.1 Å². The quantitative estimate of drug-likeness (QED) is 0.541. The number of alkyl halides is 3. The number of benzene rings is 1. The highest BCUT2D eigenvalue weighted by molar-refractivity contribution is 5.81. The molecule has 0 amide bonds. The minimum atomic E-state index is -4.43. The summed E-state index contributed by atoms with van der Waals surface area (Å²) in [4.78, 5) is 15.7. The highest BCUT2D eigenvalue weighted by Crippen LogP contribution is 2.34. The molecule has 4 heterocycles. The fourth-order valence-electron chi connectivity index (χ4n) is 3.78. The van der Waals surface area contributed by atoms with Crippen molar-refractivity contribution in [2.45, 2.75) is 6.18 Å². The molecule has 1 aliphatic heterocycles. The summed E-state index contributed by atoms with van der Waals surface area (Å²) in [5, 5.41) is 3.32. The molecule has 5 rings (SSSR count). The van der Waals surface area contributed by atoms with E-state index < -0.39 is 11.7 Å². The number of fused-ring (bicyclic) bond motifs is 1. The lowest BCUT2D eigenvalue weighted by atomic mass is 10.1. The van der Waals surface area contributed by atoms with Crippen LogP contribution in [0.15, 0.2) is 60.9 Å². The number of hydrogen-bond acceptors (Lipinski definition) is 5. The molecule has 0 atom stereocenters. The fourth-order valence-corrected chi connectivity index (χ4v) is 3.78. The third-order valence-corrected chi connectivity index (χ3v) is 5.30. The van der Waals surface area contributed by atoms with Crippen LogP contribution in [0, 0.1) is 0 Å². The normalized spacial score (nSPS) is 14.9. The molecule has 0 aliphatic carbocycles. The topological polar surface area (TPSA) is 58.9 Å². The van der Waals surface area contributed by atoms with Gasteiger partial charge in [-0.3, -0.25) is 9.55 Å². The van der Waals surface area contributed by atoms with Gasteiger partial charge in [-0.2, -0.15) is 13.2 Å². The van der Waals surface area contributed by atoms with Crippen molar-refractivity contribution >= 4 is 17.0 Å². The van der Waals surface area contributed by atoms with E-state index in [4.69, 9.17) is 4.98 Å². The number of rotatable bonds is 3. The van der Waals surface area contributed by atoms with E-state index in [1.165, 1.54) is 6.07 Å². The van der Waals surface area contributed by atoms with Gasteiger partial charge < -0.3 is 10.2 Å². The first-order valence-electron chi connectivity index (χ1n) is 9.94. The number of piperazine rings is 1. The third kappa shape index (κ3) is 3.72. The van der Waals surface area contributed by atoms with E-state index in [2.05, 4.69) is 20.2 Å². The molecular weight excluding hydrogens is 405 g/mol. The van der Waals surface area contributed by atoms with Crippen molar-refractivity contribution in [2.24, 2.45) is 0 Å². The number of pyridine rings is 2. The van der Waals surface area contributed by atoms with Gasteiger partial charge in [0.15, 0.2) is 5.65 Å². The van der Waals surface area contributed by atoms with Crippen molar-refractivity contribution in [1.82, 2.24) is 24.8 Å². The van der Waals surface area contributed by atoms with Crippen LogP contribution in [0.4, 0.5) is 19.0 Å². The summed E-state index contributed by atoms with van der Waals surface area (Å²) in [7, 11) is 0. The Balaban J connectivity index is 1.71. The van der Waals surface area contributed by atoms with Crippen molar-refractivity contribution < 1.29 is 13.2 Å². The van der Waals surface area contributed by atoms with E-state index in [0.717, 1.165) is 49.8 Å². The lowest BCUT2D eigenvalue weighted by molar-refractivity contribution is -0.137. The van der Waals surface area contributed by atoms with E-state index in [9.17, 15) is 13.2 Å². The van der Waals surface area contributed by atoms with Crippen molar-refractivity contribution in [3.8, 4) is 17.1 Å². The SMILES string of the molecule is FC(F)(F)c1cccc(-c2nc3ccc(N4CCNCC4)nc3n2-c2ccncc2)c1. The Hall–Kier alpha value is -3.46. The molecule has 0 radical (unpaired) electrons. The fraction of sp³-hybridized carbons (Fsp3) is 0.227. The third-order valence-electron chi connectivity index (χ3n) is 5.30. The molecule has 6 nitrogen and oxygen atoms in total. The summed E-state index contributed by atoms with van der Waals surface area (Å²) in [5.41, 5.74) is 1.59. The molecule has 1 saturated heterocycles. The Morgan fingerprint density at radius 3 is 2.42 bits per heavy atom. The van der Waals surface area contributed by atoms with Gasteiger partial charge in [0.05, 0.1) is 11.3 Å². The number of aromatic nitrogens is 4. The standard InChI is InChI=1S/C22H19F3N6/c23-22(24,25)16-3-1-2-15(14-16)20-28-18-4-5-19(30-12-10-27-11-13-30)29-21(18)31(20)17-6-8-26-9-7-17/h1-9,14,27H,10-13H2. The van der Waals surface area contributed by atoms with Crippen LogP contribution in [-0.4, -0.2) is 45.7 Å². The van der Waals surface area contributed by atoms with Crippen LogP contribution in [0.2, 0.25) is 0 Å². The molecule has 1 aromatic carbocycles. The molecule has 9 heteroatoms. The van der Waals surface area contributed by atoms with Crippen LogP contribution in [0.3, 0.4) is 0 Å². The van der Waals surface area contributed by atoms with Gasteiger partial charge >= 0.3 is 6.18 Å². The van der Waals surface area contributed by atoms with Gasteiger partial charge in [0, 0.05) is 44.1 Å². The van der Waals surface area contributed by atoms with Crippen LogP contribution < -0.4 is 10.2 Å². The first-order chi connectivity index (χ1) is 15.0. The molecule has 31 heavy (non-hydrogen) atoms. The van der Waals surface area contributed by atoms with E-state index in [1.807, 2.05) is 12.1 Å². The molecule has 0 saturated carbocycles. The summed E-state index contributed by atoms with van der Waals surface area (Å²) >= 11 is 0. The van der Waals surface area contributed by atoms with Gasteiger partial charge in [0.1, 0.15) is 17.2 Å². The van der Waals surface area contributed by atoms with Gasteiger partial charge in [-0.25, -0.2) is 9.97 Å². The van der Waals surface area contributed by atoms with Gasteiger partial charge in [-0.05, 0) is 36.4 Å². The smallest absolute Gasteiger partial charge is 0.354 e. The molecule has 0 unspecified atom stereocenters. The Kier molecular flexibility index (Phi) is 4.82. The maximum Gasteiger partial charge on any atom is 0.416 e. The average Bonchev–Trinajstić information content (AvgIpc) is 3.18. The summed E-state index contributed by atoms with van der Waals surface area (Å²) < 4.78 is 41.7. The summed E-state index contributed by atoms with van der Waals surface area (Å²) in [6, 6.07) is 12.6. The summed E-state index contributed by atoms with van der Waals surface area (Å²) in [6.07, 6.45) is -1.16. The molecule has 0 bridgehead atoms. The van der Waals surface area contributed by atoms with E-state index in [0.29, 0.717) is 22.6 Å². The lowest BCUT2D eigenvalue weighted by Gasteiger charge is -2.28. The Morgan fingerprint density at radius 1 is 0.903 bits per heavy atom. The van der Waals surface area contributed by atoms with Crippen LogP contribution in [0.25, 0.3) is 28.2 Å². The second kappa shape index (κ2) is 7.66. The van der Waals surface area contributed by atoms with Gasteiger partial charge in [0.25, 0.3) is 0 Å². The van der Waals surface area contributed by atoms with Crippen LogP contribution in [-0.2, 0) is 6.18 Å². The zero-order valence-electron chi connectivity index (χ0n) is 16.5. The largest absolute Gasteiger partial charge is 0.416 e. The predicted octanol–water partition coefficient (Wildman–Crippen LogP) is 3.91. The number of halogens is 3. The van der Waals surface area contributed by atoms with E-state index in [1.54, 1.807) is 35.2 Å². The Morgan fingerprint density at radius 2 is 1.68 bits per heavy atom. The minimum absolute atomic E-state index is 0.369. The lowest BCUT2D eigenvalue weighted by Crippen LogP contribution is -2.43. The maximum atomic E-state index is 13.3. The average molecular weight is 424 g/mol. The van der Waals surface area contributed by atoms with Crippen LogP contribution >= 0.6 is 0 Å². The second-order valence-electron chi connectivity index (χ2n) is 7.30. The van der Waals surface area contributed by atoms with Gasteiger partial charge in [-0.15, -0.1) is 0 Å². The van der Waals surface area contributed by atoms with Crippen LogP contribution in [0.1, 0.15) is 5.56 Å². The highest BCUT2D eigenvalue weighted by Gasteiger charge is 2.31. The zero-order valence-corrected chi connectivity index (χ0v) is 16.5. The number of anilines is 1. The van der Waals surface area contributed by atoms with Crippen LogP contribution in [0.5, 0.6) is 0 Å². The predicted molar refractivity (Wildman–Crippen MR) is 112 cm³/mol. The summed E-state index contributed by atoms with van der Waals surface area (Å²) in [5.74, 6) is 1.22. The summed E-state index contributed by atoms with van der Waals surface area (Å²) in [6.45, 7) is 3.42. The minimum Gasteiger partial charge on any atom is -0.354 e. The maximum absolute atomic E-state index is 13.3. The molecule has 1 fully saturated rings. The first-order valence-corrected chi connectivity index (χ1v) is 9.94. The molecule has 158 valence electrons. The Bertz CT molecular complexity index is 1210. The molecular formula is C22H19F3N6. The number of hydrogen-bond donors (Lipinski definition) is 1. The number of nitrogens with zero attached hydrogens (tertiary/aromatic N) is 5.